The molecule has 0 aromatic heterocycles. The Balaban J connectivity index is 2.01. The summed E-state index contributed by atoms with van der Waals surface area (Å²) in [7, 11) is 0. The number of carboxylic acid groups (broad SMARTS) is 1. The molecular formula is C11H16O3. The van der Waals surface area contributed by atoms with E-state index in [0.717, 1.165) is 25.7 Å². The molecule has 0 heterocycles. The number of aliphatic carboxylic acids is 1. The molecule has 3 nitrogen and oxygen atoms in total. The Bertz CT molecular complexity index is 272. The third kappa shape index (κ3) is 0.888. The molecule has 0 aliphatic heterocycles. The lowest BCUT2D eigenvalue weighted by Crippen LogP contribution is -2.59. The van der Waals surface area contributed by atoms with Gasteiger partial charge in [0.2, 0.25) is 0 Å². The standard InChI is InChI=1S/C11H16O3/c12-9-8-2-6-1-7(3-8)5-11(9,4-6)10(13)14/h6-9,12H,1-5H2,(H,13,14)/t6-,7+,8?,9-,11?/m0/s1. The fourth-order valence-corrected chi connectivity index (χ4v) is 4.31. The van der Waals surface area contributed by atoms with Crippen molar-refractivity contribution >= 4 is 5.97 Å². The molecule has 4 saturated carbocycles. The molecule has 3 heteroatoms. The number of rotatable bonds is 1. The fourth-order valence-electron chi connectivity index (χ4n) is 4.31. The van der Waals surface area contributed by atoms with E-state index in [1.54, 1.807) is 0 Å². The number of hydrogen-bond donors (Lipinski definition) is 2. The molecule has 4 aliphatic rings. The summed E-state index contributed by atoms with van der Waals surface area (Å²) in [6.07, 6.45) is 4.19. The van der Waals surface area contributed by atoms with Crippen molar-refractivity contribution in [2.75, 3.05) is 0 Å². The first kappa shape index (κ1) is 8.72. The molecule has 0 radical (unpaired) electrons. The first-order chi connectivity index (χ1) is 6.62. The molecule has 5 atom stereocenters. The van der Waals surface area contributed by atoms with Gasteiger partial charge in [-0.1, -0.05) is 0 Å². The van der Waals surface area contributed by atoms with Crippen LogP contribution in [0, 0.1) is 23.2 Å². The van der Waals surface area contributed by atoms with Crippen LogP contribution in [0.1, 0.15) is 32.1 Å². The van der Waals surface area contributed by atoms with Gasteiger partial charge in [-0.15, -0.1) is 0 Å². The molecule has 4 rings (SSSR count). The fraction of sp³-hybridized carbons (Fsp3) is 0.909. The highest BCUT2D eigenvalue weighted by Gasteiger charge is 2.60. The van der Waals surface area contributed by atoms with Gasteiger partial charge in [-0.3, -0.25) is 4.79 Å². The molecule has 78 valence electrons. The van der Waals surface area contributed by atoms with Crippen LogP contribution < -0.4 is 0 Å². The zero-order valence-corrected chi connectivity index (χ0v) is 8.15. The minimum atomic E-state index is -0.769. The molecule has 4 aliphatic carbocycles. The molecule has 4 fully saturated rings. The van der Waals surface area contributed by atoms with Gasteiger partial charge >= 0.3 is 5.97 Å². The second-order valence-corrected chi connectivity index (χ2v) is 5.51. The largest absolute Gasteiger partial charge is 0.481 e. The van der Waals surface area contributed by atoms with E-state index in [0.29, 0.717) is 11.8 Å². The van der Waals surface area contributed by atoms with Gasteiger partial charge in [0.05, 0.1) is 11.5 Å². The Labute approximate surface area is 83.1 Å². The van der Waals surface area contributed by atoms with Crippen LogP contribution in [0.4, 0.5) is 0 Å². The Morgan fingerprint density at radius 2 is 1.71 bits per heavy atom. The third-order valence-electron chi connectivity index (χ3n) is 4.68. The molecule has 0 aromatic rings. The third-order valence-corrected chi connectivity index (χ3v) is 4.68. The van der Waals surface area contributed by atoms with Crippen molar-refractivity contribution in [3.05, 3.63) is 0 Å². The maximum absolute atomic E-state index is 11.3. The average Bonchev–Trinajstić information content (AvgIpc) is 2.12. The van der Waals surface area contributed by atoms with Gasteiger partial charge in [-0.2, -0.15) is 0 Å². The summed E-state index contributed by atoms with van der Waals surface area (Å²) in [4.78, 5) is 11.3. The van der Waals surface area contributed by atoms with Gasteiger partial charge in [0.15, 0.2) is 0 Å². The predicted octanol–water partition coefficient (Wildman–Crippen LogP) is 1.26. The summed E-state index contributed by atoms with van der Waals surface area (Å²) in [5.41, 5.74) is -0.769. The summed E-state index contributed by atoms with van der Waals surface area (Å²) in [5.74, 6) is 0.667. The first-order valence-electron chi connectivity index (χ1n) is 5.53. The van der Waals surface area contributed by atoms with Crippen LogP contribution in [0.3, 0.4) is 0 Å². The predicted molar refractivity (Wildman–Crippen MR) is 49.6 cm³/mol. The van der Waals surface area contributed by atoms with E-state index in [2.05, 4.69) is 0 Å². The maximum atomic E-state index is 11.3. The minimum absolute atomic E-state index is 0.275. The monoisotopic (exact) mass is 196 g/mol. The zero-order valence-electron chi connectivity index (χ0n) is 8.15. The summed E-state index contributed by atoms with van der Waals surface area (Å²) in [5, 5.41) is 19.4. The average molecular weight is 196 g/mol. The van der Waals surface area contributed by atoms with Crippen LogP contribution in [0.2, 0.25) is 0 Å². The van der Waals surface area contributed by atoms with Gasteiger partial charge in [0.25, 0.3) is 0 Å². The van der Waals surface area contributed by atoms with Crippen molar-refractivity contribution in [2.45, 2.75) is 38.2 Å². The number of carbonyl (C=O) groups is 1. The number of aliphatic hydroxyl groups excluding tert-OH is 1. The highest BCUT2D eigenvalue weighted by Crippen LogP contribution is 2.60. The highest BCUT2D eigenvalue weighted by atomic mass is 16.4. The molecule has 0 saturated heterocycles. The topological polar surface area (TPSA) is 57.5 Å². The molecule has 14 heavy (non-hydrogen) atoms. The molecule has 0 amide bonds. The van der Waals surface area contributed by atoms with Crippen LogP contribution in [-0.4, -0.2) is 22.3 Å². The molecule has 2 N–H and O–H groups in total. The summed E-state index contributed by atoms with van der Waals surface area (Å²) in [6, 6.07) is 0. The lowest BCUT2D eigenvalue weighted by atomic mass is 9.48. The van der Waals surface area contributed by atoms with Crippen LogP contribution >= 0.6 is 0 Å². The van der Waals surface area contributed by atoms with Gasteiger partial charge < -0.3 is 10.2 Å². The smallest absolute Gasteiger partial charge is 0.312 e. The van der Waals surface area contributed by atoms with Crippen LogP contribution in [0.5, 0.6) is 0 Å². The van der Waals surface area contributed by atoms with E-state index >= 15 is 0 Å². The van der Waals surface area contributed by atoms with Crippen molar-refractivity contribution in [1.29, 1.82) is 0 Å². The van der Waals surface area contributed by atoms with E-state index in [9.17, 15) is 15.0 Å². The van der Waals surface area contributed by atoms with Gasteiger partial charge in [-0.25, -0.2) is 0 Å². The van der Waals surface area contributed by atoms with Crippen LogP contribution in [-0.2, 0) is 4.79 Å². The van der Waals surface area contributed by atoms with E-state index in [4.69, 9.17) is 0 Å². The number of carboxylic acids is 1. The Morgan fingerprint density at radius 3 is 2.21 bits per heavy atom. The Hall–Kier alpha value is -0.570. The Kier molecular flexibility index (Phi) is 1.56. The van der Waals surface area contributed by atoms with Crippen molar-refractivity contribution in [1.82, 2.24) is 0 Å². The Morgan fingerprint density at radius 1 is 1.14 bits per heavy atom. The highest BCUT2D eigenvalue weighted by molar-refractivity contribution is 5.76. The van der Waals surface area contributed by atoms with Gasteiger partial charge in [0, 0.05) is 0 Å². The second kappa shape index (κ2) is 2.51. The number of aliphatic hydroxyl groups is 1. The molecule has 0 spiro atoms. The summed E-state index contributed by atoms with van der Waals surface area (Å²) >= 11 is 0. The lowest BCUT2D eigenvalue weighted by Gasteiger charge is -2.57. The summed E-state index contributed by atoms with van der Waals surface area (Å²) < 4.78 is 0. The zero-order chi connectivity index (χ0) is 9.92. The van der Waals surface area contributed by atoms with E-state index in [1.165, 1.54) is 6.42 Å². The normalized spacial score (nSPS) is 54.9. The van der Waals surface area contributed by atoms with Crippen molar-refractivity contribution in [3.8, 4) is 0 Å². The van der Waals surface area contributed by atoms with Gasteiger partial charge in [0.1, 0.15) is 0 Å². The quantitative estimate of drug-likeness (QED) is 0.663. The minimum Gasteiger partial charge on any atom is -0.481 e. The van der Waals surface area contributed by atoms with Crippen molar-refractivity contribution in [3.63, 3.8) is 0 Å². The maximum Gasteiger partial charge on any atom is 0.312 e. The summed E-state index contributed by atoms with van der Waals surface area (Å²) in [6.45, 7) is 0. The SMILES string of the molecule is O=C(O)C12C[C@@H]3CC(C[C@@H](C3)C1)[C@@H]2O. The van der Waals surface area contributed by atoms with Crippen molar-refractivity contribution < 1.29 is 15.0 Å². The van der Waals surface area contributed by atoms with E-state index in [1.807, 2.05) is 0 Å². The van der Waals surface area contributed by atoms with Crippen LogP contribution in [0.15, 0.2) is 0 Å². The molecule has 2 unspecified atom stereocenters. The van der Waals surface area contributed by atoms with E-state index in [-0.39, 0.29) is 5.92 Å². The number of hydrogen-bond acceptors (Lipinski definition) is 2. The van der Waals surface area contributed by atoms with E-state index < -0.39 is 17.5 Å². The van der Waals surface area contributed by atoms with Crippen LogP contribution in [0.25, 0.3) is 0 Å². The molecular weight excluding hydrogens is 180 g/mol. The second-order valence-electron chi connectivity index (χ2n) is 5.51. The van der Waals surface area contributed by atoms with Gasteiger partial charge in [-0.05, 0) is 49.9 Å². The first-order valence-corrected chi connectivity index (χ1v) is 5.53. The van der Waals surface area contributed by atoms with Crippen molar-refractivity contribution in [2.24, 2.45) is 23.2 Å². The molecule has 4 bridgehead atoms. The molecule has 0 aromatic carbocycles. The lowest BCUT2D eigenvalue weighted by molar-refractivity contribution is -0.191.